The van der Waals surface area contributed by atoms with E-state index in [1.165, 1.54) is 24.0 Å². The zero-order chi connectivity index (χ0) is 34.3. The lowest BCUT2D eigenvalue weighted by molar-refractivity contribution is 0.266. The molecule has 0 saturated heterocycles. The van der Waals surface area contributed by atoms with Gasteiger partial charge in [-0.05, 0) is 94.1 Å². The lowest BCUT2D eigenvalue weighted by Crippen LogP contribution is -2.26. The number of phenols is 2. The molecule has 0 aliphatic carbocycles. The minimum absolute atomic E-state index is 0. The largest absolute Gasteiger partial charge is 0.507 e. The summed E-state index contributed by atoms with van der Waals surface area (Å²) in [6, 6.07) is 8.79. The number of halogens is 2. The van der Waals surface area contributed by atoms with Crippen LogP contribution in [-0.4, -0.2) is 46.2 Å². The number of aromatic hydroxyl groups is 2. The highest BCUT2D eigenvalue weighted by Gasteiger charge is 2.28. The quantitative estimate of drug-likeness (QED) is 0.262. The number of benzene rings is 2. The van der Waals surface area contributed by atoms with Crippen molar-refractivity contribution in [3.05, 3.63) is 57.6 Å². The van der Waals surface area contributed by atoms with Crippen LogP contribution < -0.4 is 0 Å². The van der Waals surface area contributed by atoms with Crippen LogP contribution in [0.2, 0.25) is 0 Å². The third kappa shape index (κ3) is 14.0. The molecular weight excluding hydrogens is 611 g/mol. The Morgan fingerprint density at radius 1 is 0.457 bits per heavy atom. The van der Waals surface area contributed by atoms with Gasteiger partial charge in [-0.3, -0.25) is 9.80 Å². The first-order chi connectivity index (χ1) is 20.0. The molecule has 0 bridgehead atoms. The van der Waals surface area contributed by atoms with Gasteiger partial charge in [0.15, 0.2) is 0 Å². The van der Waals surface area contributed by atoms with E-state index >= 15 is 0 Å². The lowest BCUT2D eigenvalue weighted by Gasteiger charge is -2.29. The van der Waals surface area contributed by atoms with Gasteiger partial charge < -0.3 is 10.2 Å². The zero-order valence-electron chi connectivity index (χ0n) is 32.6. The van der Waals surface area contributed by atoms with Gasteiger partial charge in [0.25, 0.3) is 0 Å². The number of phenolic OH excluding ortho intramolecular Hbond substituents is 2. The van der Waals surface area contributed by atoms with E-state index in [0.29, 0.717) is 11.5 Å². The Labute approximate surface area is 297 Å². The first-order valence-corrected chi connectivity index (χ1v) is 17.2. The highest BCUT2D eigenvalue weighted by Crippen LogP contribution is 2.41. The molecule has 2 aromatic carbocycles. The maximum absolute atomic E-state index is 10.8. The van der Waals surface area contributed by atoms with Crippen molar-refractivity contribution < 1.29 is 10.2 Å². The fourth-order valence-electron chi connectivity index (χ4n) is 5.72. The van der Waals surface area contributed by atoms with E-state index in [-0.39, 0.29) is 46.5 Å². The second-order valence-electron chi connectivity index (χ2n) is 16.8. The zero-order valence-corrected chi connectivity index (χ0v) is 34.2. The summed E-state index contributed by atoms with van der Waals surface area (Å²) in [6.45, 7) is 41.2. The van der Waals surface area contributed by atoms with Crippen molar-refractivity contribution in [2.24, 2.45) is 0 Å². The van der Waals surface area contributed by atoms with Gasteiger partial charge in [0.1, 0.15) is 11.5 Å². The summed E-state index contributed by atoms with van der Waals surface area (Å²) in [6.07, 6.45) is 2.35. The summed E-state index contributed by atoms with van der Waals surface area (Å²) >= 11 is 0. The summed E-state index contributed by atoms with van der Waals surface area (Å²) in [7, 11) is 0. The Morgan fingerprint density at radius 3 is 0.891 bits per heavy atom. The third-order valence-electron chi connectivity index (χ3n) is 8.36. The van der Waals surface area contributed by atoms with Gasteiger partial charge in [0.2, 0.25) is 0 Å². The van der Waals surface area contributed by atoms with E-state index in [1.54, 1.807) is 0 Å². The number of nitrogens with zero attached hydrogens (tertiary/aromatic N) is 2. The van der Waals surface area contributed by atoms with Crippen LogP contribution in [0.15, 0.2) is 24.3 Å². The minimum atomic E-state index is -0.0551. The van der Waals surface area contributed by atoms with Gasteiger partial charge in [-0.25, -0.2) is 0 Å². The number of rotatable bonds is 10. The fraction of sp³-hybridized carbons (Fsp3) is 0.700. The maximum Gasteiger partial charge on any atom is 0.123 e. The average Bonchev–Trinajstić information content (AvgIpc) is 2.87. The second kappa shape index (κ2) is 18.9. The molecule has 2 rings (SSSR count). The van der Waals surface area contributed by atoms with Crippen molar-refractivity contribution in [2.75, 3.05) is 26.2 Å². The molecular formula is C40H72Cl2N2O2. The highest BCUT2D eigenvalue weighted by molar-refractivity contribution is 5.85. The van der Waals surface area contributed by atoms with Crippen molar-refractivity contribution in [3.8, 4) is 11.5 Å². The molecule has 0 saturated carbocycles. The molecule has 0 fully saturated rings. The summed E-state index contributed by atoms with van der Waals surface area (Å²) in [5, 5.41) is 21.5. The second-order valence-corrected chi connectivity index (χ2v) is 16.8. The SMILES string of the molecule is CCCN(CCC)Cc1cc(C(C)(C)C)c(O)c(C(C)(C)C)c1.CCN(CC)Cc1cc(C(C)(C)C)c(O)c(C(C)(C)C)c1.Cl.Cl. The standard InChI is InChI=1S/C21H37NO.C19H33NO.2ClH/c1-9-11-22(12-10-2)15-16-13-17(20(3,4)5)19(23)18(14-16)21(6,7)8;1-9-20(10-2)13-14-11-15(18(3,4)5)17(21)16(12-14)19(6,7)8;;/h13-14,23H,9-12,15H2,1-8H3;11-12,21H,9-10,13H2,1-8H3;2*1H. The molecule has 2 aromatic rings. The summed E-state index contributed by atoms with van der Waals surface area (Å²) in [5.41, 5.74) is 6.63. The minimum Gasteiger partial charge on any atom is -0.507 e. The van der Waals surface area contributed by atoms with Crippen LogP contribution in [0.1, 0.15) is 157 Å². The average molecular weight is 684 g/mol. The molecule has 6 heteroatoms. The molecule has 0 radical (unpaired) electrons. The van der Waals surface area contributed by atoms with E-state index in [4.69, 9.17) is 0 Å². The maximum atomic E-state index is 10.8. The van der Waals surface area contributed by atoms with Gasteiger partial charge in [0, 0.05) is 13.1 Å². The number of hydrogen-bond donors (Lipinski definition) is 2. The van der Waals surface area contributed by atoms with E-state index in [9.17, 15) is 10.2 Å². The van der Waals surface area contributed by atoms with Crippen molar-refractivity contribution in [1.82, 2.24) is 9.80 Å². The Kier molecular flexibility index (Phi) is 19.2. The molecule has 0 unspecified atom stereocenters. The molecule has 0 amide bonds. The van der Waals surface area contributed by atoms with E-state index in [2.05, 4.69) is 145 Å². The molecule has 268 valence electrons. The molecule has 4 nitrogen and oxygen atoms in total. The molecule has 46 heavy (non-hydrogen) atoms. The van der Waals surface area contributed by atoms with Crippen LogP contribution in [0.5, 0.6) is 11.5 Å². The molecule has 0 spiro atoms. The molecule has 0 aliphatic rings. The predicted molar refractivity (Wildman–Crippen MR) is 208 cm³/mol. The third-order valence-corrected chi connectivity index (χ3v) is 8.36. The van der Waals surface area contributed by atoms with Gasteiger partial charge in [-0.2, -0.15) is 0 Å². The van der Waals surface area contributed by atoms with Crippen LogP contribution in [0.4, 0.5) is 0 Å². The van der Waals surface area contributed by atoms with Gasteiger partial charge >= 0.3 is 0 Å². The summed E-state index contributed by atoms with van der Waals surface area (Å²) in [5.74, 6) is 0.949. The monoisotopic (exact) mass is 682 g/mol. The highest BCUT2D eigenvalue weighted by atomic mass is 35.5. The first-order valence-electron chi connectivity index (χ1n) is 17.2. The Balaban J connectivity index is 0. The molecule has 2 N–H and O–H groups in total. The normalized spacial score (nSPS) is 12.4. The molecule has 0 atom stereocenters. The summed E-state index contributed by atoms with van der Waals surface area (Å²) in [4.78, 5) is 4.93. The van der Waals surface area contributed by atoms with E-state index < -0.39 is 0 Å². The van der Waals surface area contributed by atoms with Gasteiger partial charge in [-0.15, -0.1) is 24.8 Å². The molecule has 0 aliphatic heterocycles. The van der Waals surface area contributed by atoms with Crippen molar-refractivity contribution in [2.45, 2.75) is 158 Å². The fourth-order valence-corrected chi connectivity index (χ4v) is 5.72. The van der Waals surface area contributed by atoms with E-state index in [1.807, 2.05) is 0 Å². The Morgan fingerprint density at radius 2 is 0.696 bits per heavy atom. The van der Waals surface area contributed by atoms with Crippen LogP contribution in [-0.2, 0) is 34.7 Å². The van der Waals surface area contributed by atoms with Crippen LogP contribution in [0.25, 0.3) is 0 Å². The van der Waals surface area contributed by atoms with Crippen LogP contribution >= 0.6 is 24.8 Å². The van der Waals surface area contributed by atoms with Crippen molar-refractivity contribution >= 4 is 24.8 Å². The predicted octanol–water partition coefficient (Wildman–Crippen LogP) is 11.3. The van der Waals surface area contributed by atoms with Crippen molar-refractivity contribution in [3.63, 3.8) is 0 Å². The first kappa shape index (κ1) is 46.7. The molecule has 0 heterocycles. The van der Waals surface area contributed by atoms with E-state index in [0.717, 1.165) is 61.5 Å². The summed E-state index contributed by atoms with van der Waals surface area (Å²) < 4.78 is 0. The van der Waals surface area contributed by atoms with Gasteiger partial charge in [-0.1, -0.05) is 135 Å². The van der Waals surface area contributed by atoms with Crippen molar-refractivity contribution in [1.29, 1.82) is 0 Å². The topological polar surface area (TPSA) is 46.9 Å². The smallest absolute Gasteiger partial charge is 0.123 e. The van der Waals surface area contributed by atoms with Crippen LogP contribution in [0, 0.1) is 0 Å². The van der Waals surface area contributed by atoms with Crippen LogP contribution in [0.3, 0.4) is 0 Å². The number of hydrogen-bond acceptors (Lipinski definition) is 4. The Bertz CT molecular complexity index is 1100. The Hall–Kier alpha value is -1.46. The van der Waals surface area contributed by atoms with Gasteiger partial charge in [0.05, 0.1) is 0 Å². The molecule has 0 aromatic heterocycles. The lowest BCUT2D eigenvalue weighted by atomic mass is 9.78.